The second kappa shape index (κ2) is 5.93. The number of thioether (sulfide) groups is 1. The molecular weight excluding hydrogens is 252 g/mol. The monoisotopic (exact) mass is 274 g/mol. The summed E-state index contributed by atoms with van der Waals surface area (Å²) >= 11 is 3.08. The van der Waals surface area contributed by atoms with Crippen molar-refractivity contribution in [2.45, 2.75) is 18.7 Å². The zero-order valence-electron chi connectivity index (χ0n) is 11.2. The van der Waals surface area contributed by atoms with Crippen molar-refractivity contribution < 1.29 is 0 Å². The van der Waals surface area contributed by atoms with E-state index >= 15 is 0 Å². The molecule has 0 atom stereocenters. The number of hydrogen-bond donors (Lipinski definition) is 2. The van der Waals surface area contributed by atoms with Gasteiger partial charge < -0.3 is 16.0 Å². The molecule has 0 radical (unpaired) electrons. The molecule has 0 aliphatic heterocycles. The lowest BCUT2D eigenvalue weighted by Gasteiger charge is -2.28. The Hall–Kier alpha value is -0.460. The van der Waals surface area contributed by atoms with E-state index in [1.807, 2.05) is 6.26 Å². The van der Waals surface area contributed by atoms with Gasteiger partial charge in [0.05, 0.1) is 4.90 Å². The highest BCUT2D eigenvalue weighted by Crippen LogP contribution is 2.35. The summed E-state index contributed by atoms with van der Waals surface area (Å²) in [6.45, 7) is 6.47. The van der Waals surface area contributed by atoms with Crippen LogP contribution in [0.3, 0.4) is 0 Å². The van der Waals surface area contributed by atoms with E-state index in [0.29, 0.717) is 5.82 Å². The minimum atomic E-state index is 0.220. The second-order valence-electron chi connectivity index (χ2n) is 5.19. The molecule has 0 bridgehead atoms. The predicted octanol–water partition coefficient (Wildman–Crippen LogP) is 2.45. The SMILES string of the molecule is CSc1c(N)nsc1NCC(C)(C)CN(C)C. The summed E-state index contributed by atoms with van der Waals surface area (Å²) in [5, 5.41) is 4.54. The highest BCUT2D eigenvalue weighted by atomic mass is 32.2. The Bertz CT molecular complexity index is 360. The Morgan fingerprint density at radius 2 is 2.12 bits per heavy atom. The lowest BCUT2D eigenvalue weighted by atomic mass is 9.93. The number of nitrogens with one attached hydrogen (secondary N) is 1. The third kappa shape index (κ3) is 4.37. The molecule has 3 N–H and O–H groups in total. The number of aromatic nitrogens is 1. The number of nitrogens with two attached hydrogens (primary N) is 1. The van der Waals surface area contributed by atoms with Gasteiger partial charge >= 0.3 is 0 Å². The first kappa shape index (κ1) is 14.6. The van der Waals surface area contributed by atoms with Gasteiger partial charge in [-0.1, -0.05) is 13.8 Å². The molecule has 4 nitrogen and oxygen atoms in total. The molecule has 98 valence electrons. The first-order valence-electron chi connectivity index (χ1n) is 5.53. The van der Waals surface area contributed by atoms with E-state index in [1.54, 1.807) is 11.8 Å². The van der Waals surface area contributed by atoms with Crippen molar-refractivity contribution in [2.75, 3.05) is 44.5 Å². The van der Waals surface area contributed by atoms with Gasteiger partial charge in [-0.3, -0.25) is 0 Å². The molecule has 1 aromatic rings. The third-order valence-corrected chi connectivity index (χ3v) is 4.12. The number of nitrogen functional groups attached to an aromatic ring is 1. The quantitative estimate of drug-likeness (QED) is 0.780. The summed E-state index contributed by atoms with van der Waals surface area (Å²) in [7, 11) is 4.19. The topological polar surface area (TPSA) is 54.2 Å². The largest absolute Gasteiger partial charge is 0.382 e. The van der Waals surface area contributed by atoms with Gasteiger partial charge in [0.15, 0.2) is 5.82 Å². The summed E-state index contributed by atoms with van der Waals surface area (Å²) in [4.78, 5) is 3.27. The Morgan fingerprint density at radius 3 is 2.65 bits per heavy atom. The minimum Gasteiger partial charge on any atom is -0.382 e. The van der Waals surface area contributed by atoms with Crippen LogP contribution in [0.25, 0.3) is 0 Å². The zero-order valence-corrected chi connectivity index (χ0v) is 12.8. The molecule has 1 rings (SSSR count). The molecule has 6 heteroatoms. The van der Waals surface area contributed by atoms with Gasteiger partial charge in [0, 0.05) is 13.1 Å². The highest BCUT2D eigenvalue weighted by Gasteiger charge is 2.20. The van der Waals surface area contributed by atoms with Crippen LogP contribution >= 0.6 is 23.3 Å². The molecule has 0 unspecified atom stereocenters. The van der Waals surface area contributed by atoms with Gasteiger partial charge in [0.2, 0.25) is 0 Å². The van der Waals surface area contributed by atoms with E-state index < -0.39 is 0 Å². The van der Waals surface area contributed by atoms with Crippen LogP contribution in [0.1, 0.15) is 13.8 Å². The van der Waals surface area contributed by atoms with Crippen molar-refractivity contribution in [3.63, 3.8) is 0 Å². The van der Waals surface area contributed by atoms with Gasteiger partial charge in [-0.15, -0.1) is 11.8 Å². The maximum absolute atomic E-state index is 5.80. The van der Waals surface area contributed by atoms with Gasteiger partial charge in [-0.05, 0) is 37.3 Å². The number of nitrogens with zero attached hydrogens (tertiary/aromatic N) is 2. The van der Waals surface area contributed by atoms with E-state index in [2.05, 4.69) is 42.5 Å². The van der Waals surface area contributed by atoms with Gasteiger partial charge in [-0.2, -0.15) is 4.37 Å². The van der Waals surface area contributed by atoms with Crippen molar-refractivity contribution in [1.82, 2.24) is 9.27 Å². The van der Waals surface area contributed by atoms with Crippen molar-refractivity contribution in [2.24, 2.45) is 5.41 Å². The first-order valence-corrected chi connectivity index (χ1v) is 7.53. The number of rotatable bonds is 6. The molecule has 17 heavy (non-hydrogen) atoms. The van der Waals surface area contributed by atoms with E-state index in [-0.39, 0.29) is 5.41 Å². The first-order chi connectivity index (χ1) is 7.85. The summed E-state index contributed by atoms with van der Waals surface area (Å²) in [5.74, 6) is 0.635. The van der Waals surface area contributed by atoms with Gasteiger partial charge in [-0.25, -0.2) is 0 Å². The summed E-state index contributed by atoms with van der Waals surface area (Å²) < 4.78 is 4.17. The fraction of sp³-hybridized carbons (Fsp3) is 0.727. The number of anilines is 2. The Labute approximate surface area is 112 Å². The van der Waals surface area contributed by atoms with Crippen molar-refractivity contribution in [3.8, 4) is 0 Å². The molecule has 0 amide bonds. The normalized spacial score (nSPS) is 12.1. The molecule has 0 fully saturated rings. The van der Waals surface area contributed by atoms with Crippen molar-refractivity contribution in [3.05, 3.63) is 0 Å². The van der Waals surface area contributed by atoms with E-state index in [9.17, 15) is 0 Å². The molecule has 0 saturated carbocycles. The zero-order chi connectivity index (χ0) is 13.1. The van der Waals surface area contributed by atoms with Crippen LogP contribution < -0.4 is 11.1 Å². The second-order valence-corrected chi connectivity index (χ2v) is 6.78. The molecule has 0 spiro atoms. The predicted molar refractivity (Wildman–Crippen MR) is 79.1 cm³/mol. The molecule has 1 heterocycles. The maximum atomic E-state index is 5.80. The van der Waals surface area contributed by atoms with Crippen LogP contribution in [0.15, 0.2) is 4.90 Å². The molecule has 0 saturated heterocycles. The van der Waals surface area contributed by atoms with Crippen molar-refractivity contribution >= 4 is 34.1 Å². The third-order valence-electron chi connectivity index (χ3n) is 2.35. The average Bonchev–Trinajstić information content (AvgIpc) is 2.54. The van der Waals surface area contributed by atoms with Gasteiger partial charge in [0.25, 0.3) is 0 Å². The molecular formula is C11H22N4S2. The highest BCUT2D eigenvalue weighted by molar-refractivity contribution is 7.99. The summed E-state index contributed by atoms with van der Waals surface area (Å²) in [6.07, 6.45) is 2.02. The summed E-state index contributed by atoms with van der Waals surface area (Å²) in [6, 6.07) is 0. The van der Waals surface area contributed by atoms with Crippen molar-refractivity contribution in [1.29, 1.82) is 0 Å². The van der Waals surface area contributed by atoms with Crippen LogP contribution in [0.5, 0.6) is 0 Å². The number of hydrogen-bond acceptors (Lipinski definition) is 6. The molecule has 0 aliphatic carbocycles. The minimum absolute atomic E-state index is 0.220. The van der Waals surface area contributed by atoms with Crippen LogP contribution in [-0.2, 0) is 0 Å². The van der Waals surface area contributed by atoms with Crippen LogP contribution in [-0.4, -0.2) is 42.7 Å². The Balaban J connectivity index is 2.60. The van der Waals surface area contributed by atoms with Gasteiger partial charge in [0.1, 0.15) is 5.00 Å². The maximum Gasteiger partial charge on any atom is 0.153 e. The van der Waals surface area contributed by atoms with E-state index in [1.165, 1.54) is 11.5 Å². The Kier molecular flexibility index (Phi) is 5.09. The standard InChI is InChI=1S/C11H22N4S2/c1-11(2,7-15(3)4)6-13-10-8(16-5)9(12)14-17-10/h13H,6-7H2,1-5H3,(H2,12,14). The van der Waals surface area contributed by atoms with E-state index in [4.69, 9.17) is 5.73 Å². The molecule has 1 aromatic heterocycles. The Morgan fingerprint density at radius 1 is 1.47 bits per heavy atom. The smallest absolute Gasteiger partial charge is 0.153 e. The van der Waals surface area contributed by atoms with Crippen LogP contribution in [0.4, 0.5) is 10.8 Å². The summed E-state index contributed by atoms with van der Waals surface area (Å²) in [5.41, 5.74) is 6.02. The lowest BCUT2D eigenvalue weighted by Crippen LogP contribution is -2.34. The fourth-order valence-electron chi connectivity index (χ4n) is 1.84. The fourth-order valence-corrected chi connectivity index (χ4v) is 3.37. The molecule has 0 aliphatic rings. The van der Waals surface area contributed by atoms with Crippen LogP contribution in [0.2, 0.25) is 0 Å². The lowest BCUT2D eigenvalue weighted by molar-refractivity contribution is 0.254. The molecule has 0 aromatic carbocycles. The van der Waals surface area contributed by atoms with E-state index in [0.717, 1.165) is 23.0 Å². The average molecular weight is 274 g/mol. The van der Waals surface area contributed by atoms with Crippen LogP contribution in [0, 0.1) is 5.41 Å².